The number of pyridine rings is 1. The van der Waals surface area contributed by atoms with Crippen molar-refractivity contribution in [1.29, 1.82) is 0 Å². The molecule has 0 amide bonds. The summed E-state index contributed by atoms with van der Waals surface area (Å²) in [6.07, 6.45) is -0.0451. The molecule has 0 N–H and O–H groups in total. The SMILES string of the molecule is CO[C@H]1c2ccccc2C(C)(C)c2nc3ccccc3cc21. The average molecular weight is 289 g/mol. The van der Waals surface area contributed by atoms with Gasteiger partial charge in [0.05, 0.1) is 11.2 Å². The van der Waals surface area contributed by atoms with Crippen molar-refractivity contribution in [3.05, 3.63) is 77.0 Å². The summed E-state index contributed by atoms with van der Waals surface area (Å²) < 4.78 is 5.85. The summed E-state index contributed by atoms with van der Waals surface area (Å²) in [7, 11) is 1.78. The summed E-state index contributed by atoms with van der Waals surface area (Å²) in [6.45, 7) is 4.50. The number of methoxy groups -OCH3 is 1. The first-order valence-corrected chi connectivity index (χ1v) is 7.65. The first-order valence-electron chi connectivity index (χ1n) is 7.65. The van der Waals surface area contributed by atoms with Gasteiger partial charge in [0.25, 0.3) is 0 Å². The molecule has 1 aromatic heterocycles. The van der Waals surface area contributed by atoms with E-state index < -0.39 is 0 Å². The Morgan fingerprint density at radius 3 is 2.50 bits per heavy atom. The van der Waals surface area contributed by atoms with Gasteiger partial charge in [-0.05, 0) is 23.3 Å². The van der Waals surface area contributed by atoms with Gasteiger partial charge in [-0.1, -0.05) is 56.3 Å². The molecule has 110 valence electrons. The monoisotopic (exact) mass is 289 g/mol. The molecule has 4 rings (SSSR count). The molecule has 1 aliphatic carbocycles. The van der Waals surface area contributed by atoms with Crippen molar-refractivity contribution < 1.29 is 4.74 Å². The molecule has 0 bridgehead atoms. The summed E-state index contributed by atoms with van der Waals surface area (Å²) in [6, 6.07) is 19.1. The lowest BCUT2D eigenvalue weighted by molar-refractivity contribution is 0.129. The lowest BCUT2D eigenvalue weighted by Gasteiger charge is -2.38. The van der Waals surface area contributed by atoms with Crippen LogP contribution in [-0.4, -0.2) is 12.1 Å². The van der Waals surface area contributed by atoms with E-state index in [1.54, 1.807) is 7.11 Å². The number of benzene rings is 2. The van der Waals surface area contributed by atoms with Crippen LogP contribution in [0.4, 0.5) is 0 Å². The largest absolute Gasteiger partial charge is 0.372 e. The van der Waals surface area contributed by atoms with Crippen LogP contribution in [0.15, 0.2) is 54.6 Å². The van der Waals surface area contributed by atoms with E-state index in [1.807, 2.05) is 6.07 Å². The standard InChI is InChI=1S/C20H19NO/c1-20(2)16-10-6-5-9-14(16)18(22-3)15-12-13-8-4-7-11-17(13)21-19(15)20/h4-12,18H,1-3H3/t18-/m0/s1. The van der Waals surface area contributed by atoms with Gasteiger partial charge in [-0.25, -0.2) is 0 Å². The van der Waals surface area contributed by atoms with Crippen LogP contribution in [0, 0.1) is 0 Å². The van der Waals surface area contributed by atoms with E-state index in [1.165, 1.54) is 22.1 Å². The Kier molecular flexibility index (Phi) is 2.85. The fourth-order valence-corrected chi connectivity index (χ4v) is 3.68. The molecule has 0 saturated carbocycles. The van der Waals surface area contributed by atoms with Crippen molar-refractivity contribution in [1.82, 2.24) is 4.98 Å². The molecule has 0 unspecified atom stereocenters. The van der Waals surface area contributed by atoms with E-state index in [0.29, 0.717) is 0 Å². The molecule has 2 heteroatoms. The Morgan fingerprint density at radius 2 is 1.68 bits per heavy atom. The van der Waals surface area contributed by atoms with Gasteiger partial charge in [-0.2, -0.15) is 0 Å². The molecule has 2 nitrogen and oxygen atoms in total. The highest BCUT2D eigenvalue weighted by atomic mass is 16.5. The van der Waals surface area contributed by atoms with Crippen LogP contribution in [0.5, 0.6) is 0 Å². The Bertz CT molecular complexity index is 866. The maximum absolute atomic E-state index is 5.85. The van der Waals surface area contributed by atoms with Crippen molar-refractivity contribution in [2.24, 2.45) is 0 Å². The van der Waals surface area contributed by atoms with E-state index in [0.717, 1.165) is 11.2 Å². The third-order valence-corrected chi connectivity index (χ3v) is 4.78. The van der Waals surface area contributed by atoms with Gasteiger partial charge in [0.1, 0.15) is 6.10 Å². The van der Waals surface area contributed by atoms with Gasteiger partial charge in [-0.15, -0.1) is 0 Å². The molecule has 1 aliphatic rings. The maximum atomic E-state index is 5.85. The summed E-state index contributed by atoms with van der Waals surface area (Å²) in [4.78, 5) is 4.99. The van der Waals surface area contributed by atoms with E-state index in [2.05, 4.69) is 62.4 Å². The van der Waals surface area contributed by atoms with Crippen LogP contribution in [-0.2, 0) is 10.2 Å². The number of ether oxygens (including phenoxy) is 1. The average Bonchev–Trinajstić information content (AvgIpc) is 2.54. The number of para-hydroxylation sites is 1. The third kappa shape index (κ3) is 1.74. The minimum absolute atomic E-state index is 0.0451. The zero-order chi connectivity index (χ0) is 15.3. The second-order valence-corrected chi connectivity index (χ2v) is 6.45. The summed E-state index contributed by atoms with van der Waals surface area (Å²) >= 11 is 0. The molecule has 1 atom stereocenters. The smallest absolute Gasteiger partial charge is 0.109 e. The molecule has 0 aliphatic heterocycles. The topological polar surface area (TPSA) is 22.1 Å². The minimum atomic E-state index is -0.120. The molecule has 3 aromatic rings. The number of nitrogens with zero attached hydrogens (tertiary/aromatic N) is 1. The molecular formula is C20H19NO. The summed E-state index contributed by atoms with van der Waals surface area (Å²) in [5.41, 5.74) is 5.78. The predicted molar refractivity (Wildman–Crippen MR) is 89.2 cm³/mol. The molecule has 0 fully saturated rings. The van der Waals surface area contributed by atoms with Crippen LogP contribution in [0.25, 0.3) is 10.9 Å². The molecular weight excluding hydrogens is 270 g/mol. The Labute approximate surface area is 130 Å². The quantitative estimate of drug-likeness (QED) is 0.652. The van der Waals surface area contributed by atoms with Crippen LogP contribution in [0.2, 0.25) is 0 Å². The fraction of sp³-hybridized carbons (Fsp3) is 0.250. The van der Waals surface area contributed by atoms with Gasteiger partial charge in [0.15, 0.2) is 0 Å². The van der Waals surface area contributed by atoms with Crippen molar-refractivity contribution in [3.8, 4) is 0 Å². The van der Waals surface area contributed by atoms with Gasteiger partial charge in [0, 0.05) is 23.5 Å². The van der Waals surface area contributed by atoms with Crippen molar-refractivity contribution in [3.63, 3.8) is 0 Å². The van der Waals surface area contributed by atoms with Gasteiger partial charge in [0.2, 0.25) is 0 Å². The molecule has 1 heterocycles. The van der Waals surface area contributed by atoms with Crippen LogP contribution < -0.4 is 0 Å². The molecule has 2 aromatic carbocycles. The Morgan fingerprint density at radius 1 is 0.955 bits per heavy atom. The Balaban J connectivity index is 2.08. The third-order valence-electron chi connectivity index (χ3n) is 4.78. The van der Waals surface area contributed by atoms with Gasteiger partial charge >= 0.3 is 0 Å². The van der Waals surface area contributed by atoms with E-state index >= 15 is 0 Å². The highest BCUT2D eigenvalue weighted by Gasteiger charge is 2.38. The second kappa shape index (κ2) is 4.65. The first-order chi connectivity index (χ1) is 10.6. The van der Waals surface area contributed by atoms with E-state index in [9.17, 15) is 0 Å². The number of aromatic nitrogens is 1. The zero-order valence-electron chi connectivity index (χ0n) is 13.1. The number of hydrogen-bond acceptors (Lipinski definition) is 2. The minimum Gasteiger partial charge on any atom is -0.372 e. The van der Waals surface area contributed by atoms with Gasteiger partial charge in [-0.3, -0.25) is 4.98 Å². The molecule has 22 heavy (non-hydrogen) atoms. The fourth-order valence-electron chi connectivity index (χ4n) is 3.68. The van der Waals surface area contributed by atoms with E-state index in [4.69, 9.17) is 9.72 Å². The summed E-state index contributed by atoms with van der Waals surface area (Å²) in [5, 5.41) is 1.17. The normalized spacial score (nSPS) is 18.8. The van der Waals surface area contributed by atoms with Crippen LogP contribution >= 0.6 is 0 Å². The second-order valence-electron chi connectivity index (χ2n) is 6.45. The van der Waals surface area contributed by atoms with Crippen molar-refractivity contribution >= 4 is 10.9 Å². The number of rotatable bonds is 1. The van der Waals surface area contributed by atoms with Crippen LogP contribution in [0.3, 0.4) is 0 Å². The molecule has 0 saturated heterocycles. The van der Waals surface area contributed by atoms with Gasteiger partial charge < -0.3 is 4.74 Å². The molecule has 0 radical (unpaired) electrons. The highest BCUT2D eigenvalue weighted by molar-refractivity contribution is 5.80. The number of fused-ring (bicyclic) bond motifs is 3. The number of hydrogen-bond donors (Lipinski definition) is 0. The summed E-state index contributed by atoms with van der Waals surface area (Å²) in [5.74, 6) is 0. The predicted octanol–water partition coefficient (Wildman–Crippen LogP) is 4.61. The maximum Gasteiger partial charge on any atom is 0.109 e. The Hall–Kier alpha value is -2.19. The van der Waals surface area contributed by atoms with Crippen molar-refractivity contribution in [2.45, 2.75) is 25.4 Å². The molecule has 0 spiro atoms. The lowest BCUT2D eigenvalue weighted by Crippen LogP contribution is -2.31. The van der Waals surface area contributed by atoms with Crippen molar-refractivity contribution in [2.75, 3.05) is 7.11 Å². The highest BCUT2D eigenvalue weighted by Crippen LogP contribution is 2.46. The van der Waals surface area contributed by atoms with E-state index in [-0.39, 0.29) is 11.5 Å². The first kappa shape index (κ1) is 13.5. The lowest BCUT2D eigenvalue weighted by atomic mass is 9.70. The zero-order valence-corrected chi connectivity index (χ0v) is 13.1. The van der Waals surface area contributed by atoms with Crippen LogP contribution in [0.1, 0.15) is 42.3 Å².